The summed E-state index contributed by atoms with van der Waals surface area (Å²) in [7, 11) is 0. The van der Waals surface area contributed by atoms with Crippen LogP contribution in [-0.2, 0) is 15.0 Å². The van der Waals surface area contributed by atoms with Crippen LogP contribution in [0.25, 0.3) is 0 Å². The van der Waals surface area contributed by atoms with Crippen LogP contribution < -0.4 is 16.0 Å². The van der Waals surface area contributed by atoms with E-state index in [9.17, 15) is 24.8 Å². The van der Waals surface area contributed by atoms with Crippen LogP contribution in [0.4, 0.5) is 15.8 Å². The van der Waals surface area contributed by atoms with Crippen LogP contribution in [0.3, 0.4) is 0 Å². The van der Waals surface area contributed by atoms with E-state index in [0.29, 0.717) is 16.3 Å². The minimum atomic E-state index is -1.56. The van der Waals surface area contributed by atoms with Crippen molar-refractivity contribution in [1.82, 2.24) is 5.32 Å². The van der Waals surface area contributed by atoms with Crippen LogP contribution in [0.5, 0.6) is 0 Å². The number of hydrogen-bond acceptors (Lipinski definition) is 5. The van der Waals surface area contributed by atoms with Crippen LogP contribution in [-0.4, -0.2) is 35.0 Å². The molecule has 1 fully saturated rings. The number of nitrogens with one attached hydrogen (secondary N) is 3. The summed E-state index contributed by atoms with van der Waals surface area (Å²) < 4.78 is 15.9. The highest BCUT2D eigenvalue weighted by atomic mass is 35.5. The number of carbonyl (C=O) groups is 3. The van der Waals surface area contributed by atoms with E-state index in [1.165, 1.54) is 36.4 Å². The number of rotatable bonds is 6. The van der Waals surface area contributed by atoms with Gasteiger partial charge in [0.1, 0.15) is 11.2 Å². The summed E-state index contributed by atoms with van der Waals surface area (Å²) in [6.07, 6.45) is 0.121. The monoisotopic (exact) mass is 628 g/mol. The van der Waals surface area contributed by atoms with Gasteiger partial charge in [-0.3, -0.25) is 9.59 Å². The molecule has 4 atom stereocenters. The fraction of sp³-hybridized carbons (Fsp3) is 0.267. The number of anilines is 2. The zero-order valence-electron chi connectivity index (χ0n) is 22.3. The van der Waals surface area contributed by atoms with Crippen LogP contribution in [0, 0.1) is 22.6 Å². The quantitative estimate of drug-likeness (QED) is 0.250. The summed E-state index contributed by atoms with van der Waals surface area (Å²) in [6, 6.07) is 13.3. The van der Waals surface area contributed by atoms with Crippen molar-refractivity contribution in [3.8, 4) is 6.07 Å². The highest BCUT2D eigenvalue weighted by Crippen LogP contribution is 2.57. The molecule has 4 N–H and O–H groups in total. The van der Waals surface area contributed by atoms with Gasteiger partial charge >= 0.3 is 5.97 Å². The lowest BCUT2D eigenvalue weighted by Gasteiger charge is -2.37. The average Bonchev–Trinajstić information content (AvgIpc) is 3.40. The Morgan fingerprint density at radius 1 is 1.12 bits per heavy atom. The zero-order chi connectivity index (χ0) is 30.6. The molecule has 2 heterocycles. The second-order valence-corrected chi connectivity index (χ2v) is 12.3. The molecule has 2 aliphatic heterocycles. The van der Waals surface area contributed by atoms with E-state index >= 15 is 4.39 Å². The number of fused-ring (bicyclic) bond motifs is 2. The van der Waals surface area contributed by atoms with Crippen LogP contribution in [0.15, 0.2) is 54.6 Å². The molecule has 3 aromatic carbocycles. The SMILES string of the molecule is CC(C)(C#N)C[C@@H]1N[C@@H](C(=O)Nc2ccc(C(=O)O)cc2Cl)[C@H](c2cccc(Cl)c2F)[C@]12C(=O)Nc1cc(Cl)ccc12. The molecule has 8 nitrogen and oxygen atoms in total. The molecule has 42 heavy (non-hydrogen) atoms. The lowest BCUT2D eigenvalue weighted by Crippen LogP contribution is -2.50. The maximum atomic E-state index is 15.9. The van der Waals surface area contributed by atoms with Crippen LogP contribution in [0.2, 0.25) is 15.1 Å². The number of carboxylic acids is 1. The number of amides is 2. The standard InChI is InChI=1S/C30H24Cl3FN4O4/c1-29(2,13-35)12-22-30(17-8-7-15(31)11-21(17)37-28(30)42)23(16-4-3-5-18(32)24(16)34)25(38-22)26(39)36-20-9-6-14(27(40)41)10-19(20)33/h3-11,22-23,25,38H,12H2,1-2H3,(H,36,39)(H,37,42)(H,40,41)/t22-,23-,25+,30+/m0/s1. The summed E-state index contributed by atoms with van der Waals surface area (Å²) in [4.78, 5) is 39.6. The Hall–Kier alpha value is -3.68. The van der Waals surface area contributed by atoms with Crippen LogP contribution >= 0.6 is 34.8 Å². The molecule has 0 aromatic heterocycles. The fourth-order valence-electron chi connectivity index (χ4n) is 6.06. The number of nitriles is 1. The molecule has 0 unspecified atom stereocenters. The molecule has 0 saturated carbocycles. The van der Waals surface area contributed by atoms with E-state index < -0.39 is 52.4 Å². The molecule has 3 aromatic rings. The number of hydrogen-bond donors (Lipinski definition) is 4. The summed E-state index contributed by atoms with van der Waals surface area (Å²) >= 11 is 18.7. The highest BCUT2D eigenvalue weighted by molar-refractivity contribution is 6.34. The molecular weight excluding hydrogens is 606 g/mol. The first-order valence-electron chi connectivity index (χ1n) is 12.9. The van der Waals surface area contributed by atoms with Gasteiger partial charge in [-0.05, 0) is 67.8 Å². The van der Waals surface area contributed by atoms with Crippen LogP contribution in [0.1, 0.15) is 47.7 Å². The first-order chi connectivity index (χ1) is 19.8. The summed E-state index contributed by atoms with van der Waals surface area (Å²) in [5.41, 5.74) is -1.53. The number of benzene rings is 3. The topological polar surface area (TPSA) is 131 Å². The zero-order valence-corrected chi connectivity index (χ0v) is 24.5. The van der Waals surface area contributed by atoms with Crippen molar-refractivity contribution in [2.75, 3.05) is 10.6 Å². The third kappa shape index (κ3) is 4.88. The van der Waals surface area contributed by atoms with E-state index in [0.717, 1.165) is 0 Å². The molecule has 5 rings (SSSR count). The molecule has 0 aliphatic carbocycles. The largest absolute Gasteiger partial charge is 0.478 e. The Morgan fingerprint density at radius 3 is 2.52 bits per heavy atom. The number of aromatic carboxylic acids is 1. The minimum Gasteiger partial charge on any atom is -0.478 e. The third-order valence-electron chi connectivity index (χ3n) is 7.90. The van der Waals surface area contributed by atoms with Gasteiger partial charge in [-0.2, -0.15) is 5.26 Å². The summed E-state index contributed by atoms with van der Waals surface area (Å²) in [5, 5.41) is 28.2. The molecule has 1 spiro atoms. The van der Waals surface area contributed by atoms with Gasteiger partial charge in [0.2, 0.25) is 11.8 Å². The van der Waals surface area contributed by atoms with Crippen molar-refractivity contribution in [1.29, 1.82) is 5.26 Å². The van der Waals surface area contributed by atoms with Gasteiger partial charge in [0.25, 0.3) is 0 Å². The molecule has 2 amide bonds. The Balaban J connectivity index is 1.71. The van der Waals surface area contributed by atoms with Gasteiger partial charge < -0.3 is 21.1 Å². The molecule has 12 heteroatoms. The van der Waals surface area contributed by atoms with Crippen molar-refractivity contribution in [2.45, 2.75) is 43.7 Å². The highest BCUT2D eigenvalue weighted by Gasteiger charge is 2.66. The molecular formula is C30H24Cl3FN4O4. The molecule has 1 saturated heterocycles. The predicted octanol–water partition coefficient (Wildman–Crippen LogP) is 6.38. The smallest absolute Gasteiger partial charge is 0.335 e. The van der Waals surface area contributed by atoms with Gasteiger partial charge in [-0.15, -0.1) is 0 Å². The second kappa shape index (κ2) is 10.9. The number of carbonyl (C=O) groups excluding carboxylic acids is 2. The van der Waals surface area contributed by atoms with Crippen molar-refractivity contribution in [2.24, 2.45) is 5.41 Å². The Kier molecular flexibility index (Phi) is 7.71. The van der Waals surface area contributed by atoms with Gasteiger partial charge in [-0.1, -0.05) is 53.0 Å². The molecule has 0 bridgehead atoms. The maximum absolute atomic E-state index is 15.9. The van der Waals surface area contributed by atoms with Crippen molar-refractivity contribution in [3.05, 3.63) is 92.2 Å². The molecule has 2 aliphatic rings. The number of nitrogens with zero attached hydrogens (tertiary/aromatic N) is 1. The van der Waals surface area contributed by atoms with E-state index in [2.05, 4.69) is 22.0 Å². The van der Waals surface area contributed by atoms with E-state index in [4.69, 9.17) is 34.8 Å². The summed E-state index contributed by atoms with van der Waals surface area (Å²) in [6.45, 7) is 3.42. The first kappa shape index (κ1) is 29.8. The Labute approximate surface area is 255 Å². The molecule has 0 radical (unpaired) electrons. The van der Waals surface area contributed by atoms with Gasteiger partial charge in [0.15, 0.2) is 0 Å². The number of halogens is 4. The molecule has 216 valence electrons. The second-order valence-electron chi connectivity index (χ2n) is 11.0. The maximum Gasteiger partial charge on any atom is 0.335 e. The van der Waals surface area contributed by atoms with Gasteiger partial charge in [0.05, 0.1) is 38.8 Å². The van der Waals surface area contributed by atoms with Crippen molar-refractivity contribution >= 4 is 64.0 Å². The van der Waals surface area contributed by atoms with E-state index in [1.54, 1.807) is 32.0 Å². The lowest BCUT2D eigenvalue weighted by atomic mass is 9.62. The Bertz CT molecular complexity index is 1690. The van der Waals surface area contributed by atoms with E-state index in [1.807, 2.05) is 0 Å². The van der Waals surface area contributed by atoms with Crippen molar-refractivity contribution < 1.29 is 23.9 Å². The normalized spacial score (nSPS) is 22.9. The van der Waals surface area contributed by atoms with Gasteiger partial charge in [-0.25, -0.2) is 9.18 Å². The first-order valence-corrected chi connectivity index (χ1v) is 14.0. The third-order valence-corrected chi connectivity index (χ3v) is 8.74. The lowest BCUT2D eigenvalue weighted by molar-refractivity contribution is -0.122. The number of carboxylic acid groups (broad SMARTS) is 1. The van der Waals surface area contributed by atoms with Gasteiger partial charge in [0, 0.05) is 22.7 Å². The summed E-state index contributed by atoms with van der Waals surface area (Å²) in [5.74, 6) is -4.28. The van der Waals surface area contributed by atoms with Crippen molar-refractivity contribution in [3.63, 3.8) is 0 Å². The predicted molar refractivity (Wildman–Crippen MR) is 158 cm³/mol. The minimum absolute atomic E-state index is 0.0256. The fourth-order valence-corrected chi connectivity index (χ4v) is 6.64. The average molecular weight is 630 g/mol. The van der Waals surface area contributed by atoms with E-state index in [-0.39, 0.29) is 33.3 Å². The Morgan fingerprint density at radius 2 is 1.86 bits per heavy atom.